The van der Waals surface area contributed by atoms with E-state index in [0.29, 0.717) is 19.7 Å². The molecule has 0 bridgehead atoms. The summed E-state index contributed by atoms with van der Waals surface area (Å²) in [5.41, 5.74) is 2.33. The Morgan fingerprint density at radius 3 is 2.45 bits per heavy atom. The first kappa shape index (κ1) is 16.7. The van der Waals surface area contributed by atoms with Crippen LogP contribution in [0.5, 0.6) is 0 Å². The van der Waals surface area contributed by atoms with Crippen molar-refractivity contribution in [2.75, 3.05) is 13.7 Å². The van der Waals surface area contributed by atoms with Gasteiger partial charge in [-0.3, -0.25) is 4.79 Å². The number of hydrogen-bond donors (Lipinski definition) is 2. The Kier molecular flexibility index (Phi) is 7.92. The molecule has 1 aromatic rings. The van der Waals surface area contributed by atoms with Gasteiger partial charge in [-0.25, -0.2) is 0 Å². The Balaban J connectivity index is 2.38. The summed E-state index contributed by atoms with van der Waals surface area (Å²) in [6.07, 6.45) is 1.94. The number of amides is 1. The van der Waals surface area contributed by atoms with Gasteiger partial charge in [-0.15, -0.1) is 0 Å². The zero-order valence-corrected chi connectivity index (χ0v) is 12.7. The molecule has 0 aromatic heterocycles. The third-order valence-electron chi connectivity index (χ3n) is 3.37. The van der Waals surface area contributed by atoms with Crippen LogP contribution >= 0.6 is 0 Å². The number of nitrogens with one attached hydrogen (secondary N) is 2. The zero-order valence-electron chi connectivity index (χ0n) is 12.7. The second-order valence-corrected chi connectivity index (χ2v) is 4.89. The molecule has 0 spiro atoms. The van der Waals surface area contributed by atoms with Crippen LogP contribution in [0.15, 0.2) is 24.3 Å². The Morgan fingerprint density at radius 1 is 1.20 bits per heavy atom. The monoisotopic (exact) mass is 278 g/mol. The molecule has 2 N–H and O–H groups in total. The van der Waals surface area contributed by atoms with Crippen LogP contribution in [-0.2, 0) is 22.7 Å². The molecule has 4 nitrogen and oxygen atoms in total. The third-order valence-corrected chi connectivity index (χ3v) is 3.37. The van der Waals surface area contributed by atoms with Gasteiger partial charge in [-0.1, -0.05) is 38.1 Å². The van der Waals surface area contributed by atoms with E-state index in [1.807, 2.05) is 18.2 Å². The molecule has 0 atom stereocenters. The molecular weight excluding hydrogens is 252 g/mol. The van der Waals surface area contributed by atoms with Gasteiger partial charge >= 0.3 is 0 Å². The molecule has 0 aliphatic rings. The Labute approximate surface area is 121 Å². The molecule has 1 rings (SSSR count). The van der Waals surface area contributed by atoms with E-state index in [2.05, 4.69) is 30.5 Å². The SMILES string of the molecule is CCC(CC)NC(=O)CNCc1ccccc1COC. The molecule has 0 radical (unpaired) electrons. The first-order valence-corrected chi connectivity index (χ1v) is 7.27. The van der Waals surface area contributed by atoms with E-state index in [4.69, 9.17) is 4.74 Å². The maximum Gasteiger partial charge on any atom is 0.234 e. The minimum absolute atomic E-state index is 0.0583. The Bertz CT molecular complexity index is 403. The van der Waals surface area contributed by atoms with Crippen LogP contribution < -0.4 is 10.6 Å². The zero-order chi connectivity index (χ0) is 14.8. The second kappa shape index (κ2) is 9.50. The van der Waals surface area contributed by atoms with Crippen molar-refractivity contribution in [2.24, 2.45) is 0 Å². The van der Waals surface area contributed by atoms with Gasteiger partial charge in [0.15, 0.2) is 0 Å². The molecule has 0 saturated heterocycles. The molecule has 0 fully saturated rings. The van der Waals surface area contributed by atoms with Crippen molar-refractivity contribution >= 4 is 5.91 Å². The lowest BCUT2D eigenvalue weighted by molar-refractivity contribution is -0.121. The summed E-state index contributed by atoms with van der Waals surface area (Å²) in [6, 6.07) is 8.38. The summed E-state index contributed by atoms with van der Waals surface area (Å²) in [7, 11) is 1.69. The van der Waals surface area contributed by atoms with Crippen molar-refractivity contribution in [2.45, 2.75) is 45.9 Å². The van der Waals surface area contributed by atoms with Gasteiger partial charge in [-0.2, -0.15) is 0 Å². The summed E-state index contributed by atoms with van der Waals surface area (Å²) in [5.74, 6) is 0.0583. The van der Waals surface area contributed by atoms with Crippen LogP contribution in [-0.4, -0.2) is 25.6 Å². The molecule has 1 aromatic carbocycles. The Hall–Kier alpha value is -1.39. The van der Waals surface area contributed by atoms with Crippen molar-refractivity contribution in [1.29, 1.82) is 0 Å². The van der Waals surface area contributed by atoms with E-state index in [-0.39, 0.29) is 11.9 Å². The molecule has 0 heterocycles. The smallest absolute Gasteiger partial charge is 0.234 e. The number of rotatable bonds is 9. The van der Waals surface area contributed by atoms with Crippen molar-refractivity contribution in [3.63, 3.8) is 0 Å². The minimum atomic E-state index is 0.0583. The van der Waals surface area contributed by atoms with Gasteiger partial charge in [0.05, 0.1) is 13.2 Å². The lowest BCUT2D eigenvalue weighted by atomic mass is 10.1. The Morgan fingerprint density at radius 2 is 1.85 bits per heavy atom. The van der Waals surface area contributed by atoms with Crippen LogP contribution in [0.2, 0.25) is 0 Å². The second-order valence-electron chi connectivity index (χ2n) is 4.89. The largest absolute Gasteiger partial charge is 0.380 e. The van der Waals surface area contributed by atoms with Gasteiger partial charge in [0.2, 0.25) is 5.91 Å². The summed E-state index contributed by atoms with van der Waals surface area (Å²) in [6.45, 7) is 5.79. The molecule has 0 saturated carbocycles. The van der Waals surface area contributed by atoms with E-state index in [0.717, 1.165) is 18.4 Å². The number of methoxy groups -OCH3 is 1. The summed E-state index contributed by atoms with van der Waals surface area (Å²) >= 11 is 0. The fraction of sp³-hybridized carbons (Fsp3) is 0.562. The van der Waals surface area contributed by atoms with Gasteiger partial charge in [-0.05, 0) is 24.0 Å². The van der Waals surface area contributed by atoms with Crippen molar-refractivity contribution < 1.29 is 9.53 Å². The molecule has 112 valence electrons. The summed E-state index contributed by atoms with van der Waals surface area (Å²) < 4.78 is 5.17. The maximum atomic E-state index is 11.8. The molecule has 4 heteroatoms. The van der Waals surface area contributed by atoms with Crippen molar-refractivity contribution in [3.8, 4) is 0 Å². The fourth-order valence-electron chi connectivity index (χ4n) is 2.11. The van der Waals surface area contributed by atoms with E-state index in [1.54, 1.807) is 7.11 Å². The fourth-order valence-corrected chi connectivity index (χ4v) is 2.11. The maximum absolute atomic E-state index is 11.8. The van der Waals surface area contributed by atoms with Gasteiger partial charge in [0.25, 0.3) is 0 Å². The lowest BCUT2D eigenvalue weighted by Crippen LogP contribution is -2.39. The molecule has 0 aliphatic heterocycles. The predicted octanol–water partition coefficient (Wildman–Crippen LogP) is 2.23. The lowest BCUT2D eigenvalue weighted by Gasteiger charge is -2.15. The van der Waals surface area contributed by atoms with E-state index in [1.165, 1.54) is 5.56 Å². The van der Waals surface area contributed by atoms with Gasteiger partial charge in [0, 0.05) is 19.7 Å². The van der Waals surface area contributed by atoms with Crippen LogP contribution in [0.25, 0.3) is 0 Å². The van der Waals surface area contributed by atoms with Crippen LogP contribution in [0, 0.1) is 0 Å². The number of hydrogen-bond acceptors (Lipinski definition) is 3. The topological polar surface area (TPSA) is 50.4 Å². The third kappa shape index (κ3) is 5.72. The first-order chi connectivity index (χ1) is 9.71. The van der Waals surface area contributed by atoms with E-state index >= 15 is 0 Å². The van der Waals surface area contributed by atoms with Crippen LogP contribution in [0.3, 0.4) is 0 Å². The standard InChI is InChI=1S/C16H26N2O2/c1-4-15(5-2)18-16(19)11-17-10-13-8-6-7-9-14(13)12-20-3/h6-9,15,17H,4-5,10-12H2,1-3H3,(H,18,19). The van der Waals surface area contributed by atoms with E-state index < -0.39 is 0 Å². The van der Waals surface area contributed by atoms with Crippen LogP contribution in [0.4, 0.5) is 0 Å². The highest BCUT2D eigenvalue weighted by Gasteiger charge is 2.08. The average molecular weight is 278 g/mol. The van der Waals surface area contributed by atoms with Crippen molar-refractivity contribution in [1.82, 2.24) is 10.6 Å². The van der Waals surface area contributed by atoms with Gasteiger partial charge in [0.1, 0.15) is 0 Å². The molecule has 1 amide bonds. The summed E-state index contributed by atoms with van der Waals surface area (Å²) in [5, 5.41) is 6.20. The normalized spacial score (nSPS) is 10.8. The summed E-state index contributed by atoms with van der Waals surface area (Å²) in [4.78, 5) is 11.8. The van der Waals surface area contributed by atoms with Gasteiger partial charge < -0.3 is 15.4 Å². The van der Waals surface area contributed by atoms with Crippen molar-refractivity contribution in [3.05, 3.63) is 35.4 Å². The number of ether oxygens (including phenoxy) is 1. The highest BCUT2D eigenvalue weighted by molar-refractivity contribution is 5.78. The molecule has 20 heavy (non-hydrogen) atoms. The number of carbonyl (C=O) groups excluding carboxylic acids is 1. The van der Waals surface area contributed by atoms with E-state index in [9.17, 15) is 4.79 Å². The van der Waals surface area contributed by atoms with Crippen LogP contribution in [0.1, 0.15) is 37.8 Å². The number of carbonyl (C=O) groups is 1. The highest BCUT2D eigenvalue weighted by atomic mass is 16.5. The highest BCUT2D eigenvalue weighted by Crippen LogP contribution is 2.09. The first-order valence-electron chi connectivity index (χ1n) is 7.27. The number of benzene rings is 1. The quantitative estimate of drug-likeness (QED) is 0.728. The minimum Gasteiger partial charge on any atom is -0.380 e. The predicted molar refractivity (Wildman–Crippen MR) is 81.4 cm³/mol. The molecule has 0 aliphatic carbocycles. The molecule has 0 unspecified atom stereocenters. The average Bonchev–Trinajstić information content (AvgIpc) is 2.47. The molecular formula is C16H26N2O2.